The van der Waals surface area contributed by atoms with Crippen molar-refractivity contribution in [3.8, 4) is 0 Å². The van der Waals surface area contributed by atoms with E-state index in [2.05, 4.69) is 10.0 Å². The van der Waals surface area contributed by atoms with E-state index in [9.17, 15) is 4.79 Å². The van der Waals surface area contributed by atoms with Gasteiger partial charge in [0.1, 0.15) is 0 Å². The highest BCUT2D eigenvalue weighted by Gasteiger charge is 2.23. The van der Waals surface area contributed by atoms with Gasteiger partial charge in [-0.3, -0.25) is 4.79 Å². The molecule has 1 aliphatic heterocycles. The lowest BCUT2D eigenvalue weighted by Crippen LogP contribution is -2.40. The van der Waals surface area contributed by atoms with Gasteiger partial charge in [-0.25, -0.2) is 0 Å². The largest absolute Gasteiger partial charge is 0.342 e. The molecule has 0 saturated carbocycles. The third-order valence-electron chi connectivity index (χ3n) is 2.55. The van der Waals surface area contributed by atoms with Crippen LogP contribution in [0.2, 0.25) is 0 Å². The molecule has 5 heteroatoms. The SMILES string of the molecule is CC1CCCN(CCCN=[N+]=[N-])C1=O. The molecule has 1 aliphatic rings. The average molecular weight is 196 g/mol. The number of nitrogens with zero attached hydrogens (tertiary/aromatic N) is 4. The van der Waals surface area contributed by atoms with Gasteiger partial charge in [0.15, 0.2) is 0 Å². The minimum atomic E-state index is 0.170. The Morgan fingerprint density at radius 3 is 3.21 bits per heavy atom. The second-order valence-electron chi connectivity index (χ2n) is 3.68. The predicted molar refractivity (Wildman–Crippen MR) is 53.6 cm³/mol. The van der Waals surface area contributed by atoms with Crippen molar-refractivity contribution in [2.45, 2.75) is 26.2 Å². The van der Waals surface area contributed by atoms with Gasteiger partial charge in [-0.1, -0.05) is 12.0 Å². The normalized spacial score (nSPS) is 21.9. The van der Waals surface area contributed by atoms with E-state index in [-0.39, 0.29) is 11.8 Å². The van der Waals surface area contributed by atoms with Crippen LogP contribution in [0.1, 0.15) is 26.2 Å². The molecule has 1 fully saturated rings. The van der Waals surface area contributed by atoms with Crippen LogP contribution >= 0.6 is 0 Å². The van der Waals surface area contributed by atoms with E-state index < -0.39 is 0 Å². The molecule has 1 amide bonds. The number of rotatable bonds is 4. The Morgan fingerprint density at radius 1 is 1.71 bits per heavy atom. The van der Waals surface area contributed by atoms with Crippen molar-refractivity contribution in [2.24, 2.45) is 11.0 Å². The van der Waals surface area contributed by atoms with Gasteiger partial charge in [0.2, 0.25) is 5.91 Å². The molecule has 1 atom stereocenters. The summed E-state index contributed by atoms with van der Waals surface area (Å²) >= 11 is 0. The molecular weight excluding hydrogens is 180 g/mol. The van der Waals surface area contributed by atoms with E-state index in [1.165, 1.54) is 0 Å². The first-order valence-electron chi connectivity index (χ1n) is 5.05. The van der Waals surface area contributed by atoms with Crippen molar-refractivity contribution in [2.75, 3.05) is 19.6 Å². The van der Waals surface area contributed by atoms with Gasteiger partial charge in [0.05, 0.1) is 0 Å². The maximum Gasteiger partial charge on any atom is 0.225 e. The van der Waals surface area contributed by atoms with Crippen LogP contribution in [-0.2, 0) is 4.79 Å². The highest BCUT2D eigenvalue weighted by Crippen LogP contribution is 2.17. The second kappa shape index (κ2) is 5.50. The molecule has 0 aromatic heterocycles. The van der Waals surface area contributed by atoms with E-state index in [1.807, 2.05) is 11.8 Å². The van der Waals surface area contributed by atoms with E-state index in [4.69, 9.17) is 5.53 Å². The van der Waals surface area contributed by atoms with Crippen LogP contribution in [0.5, 0.6) is 0 Å². The first-order valence-corrected chi connectivity index (χ1v) is 5.05. The smallest absolute Gasteiger partial charge is 0.225 e. The molecule has 0 aromatic carbocycles. The van der Waals surface area contributed by atoms with Gasteiger partial charge in [-0.05, 0) is 24.8 Å². The van der Waals surface area contributed by atoms with Crippen LogP contribution in [0, 0.1) is 5.92 Å². The Kier molecular flexibility index (Phi) is 4.26. The lowest BCUT2D eigenvalue weighted by molar-refractivity contribution is -0.137. The third-order valence-corrected chi connectivity index (χ3v) is 2.55. The fourth-order valence-electron chi connectivity index (χ4n) is 1.73. The van der Waals surface area contributed by atoms with E-state index in [1.54, 1.807) is 0 Å². The predicted octanol–water partition coefficient (Wildman–Crippen LogP) is 1.95. The second-order valence-corrected chi connectivity index (χ2v) is 3.68. The summed E-state index contributed by atoms with van der Waals surface area (Å²) in [7, 11) is 0. The maximum absolute atomic E-state index is 11.6. The van der Waals surface area contributed by atoms with E-state index in [0.717, 1.165) is 32.4 Å². The molecule has 0 bridgehead atoms. The Balaban J connectivity index is 2.28. The summed E-state index contributed by atoms with van der Waals surface area (Å²) in [5.41, 5.74) is 8.08. The fraction of sp³-hybridized carbons (Fsp3) is 0.889. The molecule has 1 heterocycles. The van der Waals surface area contributed by atoms with E-state index in [0.29, 0.717) is 6.54 Å². The van der Waals surface area contributed by atoms with Crippen molar-refractivity contribution in [3.05, 3.63) is 10.4 Å². The standard InChI is InChI=1S/C9H16N4O/c1-8-4-2-6-13(9(8)14)7-3-5-11-12-10/h8H,2-7H2,1H3. The molecule has 0 aromatic rings. The first kappa shape index (κ1) is 10.9. The molecule has 0 aliphatic carbocycles. The molecular formula is C9H16N4O. The van der Waals surface area contributed by atoms with Gasteiger partial charge < -0.3 is 4.90 Å². The summed E-state index contributed by atoms with van der Waals surface area (Å²) < 4.78 is 0. The number of hydrogen-bond acceptors (Lipinski definition) is 2. The Labute approximate surface area is 83.7 Å². The van der Waals surface area contributed by atoms with Gasteiger partial charge in [-0.2, -0.15) is 0 Å². The molecule has 1 rings (SSSR count). The molecule has 0 radical (unpaired) electrons. The lowest BCUT2D eigenvalue weighted by Gasteiger charge is -2.30. The number of hydrogen-bond donors (Lipinski definition) is 0. The molecule has 0 N–H and O–H groups in total. The summed E-state index contributed by atoms with van der Waals surface area (Å²) in [6.07, 6.45) is 2.86. The minimum absolute atomic E-state index is 0.170. The molecule has 78 valence electrons. The number of carbonyl (C=O) groups is 1. The molecule has 5 nitrogen and oxygen atoms in total. The summed E-state index contributed by atoms with van der Waals surface area (Å²) in [6.45, 7) is 4.04. The van der Waals surface area contributed by atoms with Crippen molar-refractivity contribution in [3.63, 3.8) is 0 Å². The van der Waals surface area contributed by atoms with Crippen LogP contribution in [0.3, 0.4) is 0 Å². The highest BCUT2D eigenvalue weighted by atomic mass is 16.2. The van der Waals surface area contributed by atoms with Gasteiger partial charge in [0.25, 0.3) is 0 Å². The Morgan fingerprint density at radius 2 is 2.50 bits per heavy atom. The summed E-state index contributed by atoms with van der Waals surface area (Å²) in [5.74, 6) is 0.417. The topological polar surface area (TPSA) is 69.1 Å². The van der Waals surface area contributed by atoms with Crippen molar-refractivity contribution < 1.29 is 4.79 Å². The molecule has 14 heavy (non-hydrogen) atoms. The summed E-state index contributed by atoms with van der Waals surface area (Å²) in [5, 5.41) is 3.44. The van der Waals surface area contributed by atoms with Crippen molar-refractivity contribution in [1.82, 2.24) is 4.90 Å². The number of likely N-dealkylation sites (tertiary alicyclic amines) is 1. The maximum atomic E-state index is 11.6. The summed E-state index contributed by atoms with van der Waals surface area (Å²) in [4.78, 5) is 16.2. The number of piperidine rings is 1. The number of amides is 1. The average Bonchev–Trinajstić information content (AvgIpc) is 2.19. The minimum Gasteiger partial charge on any atom is -0.342 e. The van der Waals surface area contributed by atoms with Crippen molar-refractivity contribution >= 4 is 5.91 Å². The van der Waals surface area contributed by atoms with Gasteiger partial charge in [-0.15, -0.1) is 0 Å². The summed E-state index contributed by atoms with van der Waals surface area (Å²) in [6, 6.07) is 0. The van der Waals surface area contributed by atoms with E-state index >= 15 is 0 Å². The zero-order valence-corrected chi connectivity index (χ0v) is 8.52. The highest BCUT2D eigenvalue weighted by molar-refractivity contribution is 5.79. The zero-order chi connectivity index (χ0) is 10.4. The number of carbonyl (C=O) groups excluding carboxylic acids is 1. The lowest BCUT2D eigenvalue weighted by atomic mass is 9.99. The number of azide groups is 1. The Bertz CT molecular complexity index is 247. The fourth-order valence-corrected chi connectivity index (χ4v) is 1.73. The quantitative estimate of drug-likeness (QED) is 0.293. The Hall–Kier alpha value is -1.22. The van der Waals surface area contributed by atoms with Crippen LogP contribution in [0.15, 0.2) is 5.11 Å². The monoisotopic (exact) mass is 196 g/mol. The third kappa shape index (κ3) is 2.92. The first-order chi connectivity index (χ1) is 6.75. The van der Waals surface area contributed by atoms with Gasteiger partial charge in [0, 0.05) is 30.5 Å². The van der Waals surface area contributed by atoms with Crippen LogP contribution < -0.4 is 0 Å². The molecule has 0 spiro atoms. The van der Waals surface area contributed by atoms with Crippen LogP contribution in [0.25, 0.3) is 10.4 Å². The molecule has 1 unspecified atom stereocenters. The zero-order valence-electron chi connectivity index (χ0n) is 8.52. The van der Waals surface area contributed by atoms with Crippen molar-refractivity contribution in [1.29, 1.82) is 0 Å². The van der Waals surface area contributed by atoms with Crippen LogP contribution in [0.4, 0.5) is 0 Å². The van der Waals surface area contributed by atoms with Crippen LogP contribution in [-0.4, -0.2) is 30.4 Å². The van der Waals surface area contributed by atoms with Gasteiger partial charge >= 0.3 is 0 Å². The molecule has 1 saturated heterocycles.